The second kappa shape index (κ2) is 9.21. The zero-order valence-corrected chi connectivity index (χ0v) is 21.7. The fourth-order valence-corrected chi connectivity index (χ4v) is 5.92. The molecule has 0 unspecified atom stereocenters. The number of fused-ring (bicyclic) bond motifs is 3. The second-order valence-corrected chi connectivity index (χ2v) is 10.1. The van der Waals surface area contributed by atoms with Gasteiger partial charge in [-0.1, -0.05) is 115 Å². The van der Waals surface area contributed by atoms with Crippen LogP contribution in [0.15, 0.2) is 115 Å². The minimum atomic E-state index is -0.986. The largest absolute Gasteiger partial charge is 0.504 e. The monoisotopic (exact) mass is 536 g/mol. The van der Waals surface area contributed by atoms with E-state index in [9.17, 15) is 25.5 Å². The van der Waals surface area contributed by atoms with Crippen LogP contribution in [0.3, 0.4) is 0 Å². The molecule has 7 rings (SSSR count). The Hall–Kier alpha value is -5.68. The predicted octanol–water partition coefficient (Wildman–Crippen LogP) is 8.68. The summed E-state index contributed by atoms with van der Waals surface area (Å²) in [5.74, 6) is -4.24. The van der Waals surface area contributed by atoms with E-state index in [2.05, 4.69) is 54.6 Å². The zero-order valence-electron chi connectivity index (χ0n) is 21.7. The highest BCUT2D eigenvalue weighted by atomic mass is 16.4. The number of aromatic hydroxyl groups is 5. The summed E-state index contributed by atoms with van der Waals surface area (Å²) in [6.45, 7) is 0. The molecule has 0 heterocycles. The van der Waals surface area contributed by atoms with Crippen molar-refractivity contribution in [2.75, 3.05) is 0 Å². The normalized spacial score (nSPS) is 11.4. The molecule has 0 saturated carbocycles. The maximum absolute atomic E-state index is 10.9. The van der Waals surface area contributed by atoms with E-state index in [0.29, 0.717) is 16.3 Å². The third kappa shape index (κ3) is 3.63. The first kappa shape index (κ1) is 24.4. The number of hydrogen-bond donors (Lipinski definition) is 5. The Bertz CT molecular complexity index is 2050. The summed E-state index contributed by atoms with van der Waals surface area (Å²) in [6, 6.07) is 38.2. The fraction of sp³-hybridized carbons (Fsp3) is 0. The minimum Gasteiger partial charge on any atom is -0.504 e. The first-order chi connectivity index (χ1) is 20.0. The van der Waals surface area contributed by atoms with Gasteiger partial charge in [-0.05, 0) is 54.6 Å². The fourth-order valence-electron chi connectivity index (χ4n) is 5.92. The van der Waals surface area contributed by atoms with Crippen LogP contribution in [0.1, 0.15) is 0 Å². The molecule has 0 bridgehead atoms. The van der Waals surface area contributed by atoms with E-state index < -0.39 is 28.7 Å². The van der Waals surface area contributed by atoms with Gasteiger partial charge in [0.05, 0.1) is 5.56 Å². The van der Waals surface area contributed by atoms with Crippen molar-refractivity contribution >= 4 is 32.3 Å². The molecule has 0 spiro atoms. The molecule has 198 valence electrons. The smallest absolute Gasteiger partial charge is 0.208 e. The van der Waals surface area contributed by atoms with Crippen molar-refractivity contribution < 1.29 is 25.5 Å². The van der Waals surface area contributed by atoms with Gasteiger partial charge in [0.1, 0.15) is 0 Å². The molecule has 0 atom stereocenters. The van der Waals surface area contributed by atoms with Crippen LogP contribution in [-0.4, -0.2) is 25.5 Å². The Kier molecular flexibility index (Phi) is 5.47. The summed E-state index contributed by atoms with van der Waals surface area (Å²) in [6.07, 6.45) is 0. The van der Waals surface area contributed by atoms with Gasteiger partial charge in [0.25, 0.3) is 0 Å². The maximum atomic E-state index is 10.9. The van der Waals surface area contributed by atoms with Crippen molar-refractivity contribution in [2.24, 2.45) is 0 Å². The van der Waals surface area contributed by atoms with E-state index in [4.69, 9.17) is 0 Å². The van der Waals surface area contributed by atoms with E-state index >= 15 is 0 Å². The van der Waals surface area contributed by atoms with Crippen LogP contribution in [0.2, 0.25) is 0 Å². The molecule has 0 fully saturated rings. The van der Waals surface area contributed by atoms with E-state index in [1.165, 1.54) is 10.8 Å². The molecule has 5 nitrogen and oxygen atoms in total. The van der Waals surface area contributed by atoms with Gasteiger partial charge < -0.3 is 25.5 Å². The van der Waals surface area contributed by atoms with Crippen LogP contribution in [-0.2, 0) is 0 Å². The molecule has 0 saturated heterocycles. The van der Waals surface area contributed by atoms with Crippen molar-refractivity contribution in [3.05, 3.63) is 115 Å². The highest BCUT2D eigenvalue weighted by Crippen LogP contribution is 2.57. The van der Waals surface area contributed by atoms with Gasteiger partial charge in [0, 0.05) is 5.56 Å². The lowest BCUT2D eigenvalue weighted by molar-refractivity contribution is 0.330. The first-order valence-electron chi connectivity index (χ1n) is 13.2. The Morgan fingerprint density at radius 1 is 0.293 bits per heavy atom. The molecule has 0 radical (unpaired) electrons. The van der Waals surface area contributed by atoms with E-state index in [-0.39, 0.29) is 5.56 Å². The van der Waals surface area contributed by atoms with E-state index in [0.717, 1.165) is 33.0 Å². The Balaban J connectivity index is 1.51. The molecular formula is C36H24O5. The van der Waals surface area contributed by atoms with Crippen LogP contribution in [0.4, 0.5) is 0 Å². The molecule has 5 N–H and O–H groups in total. The van der Waals surface area contributed by atoms with Crippen molar-refractivity contribution in [1.82, 2.24) is 0 Å². The number of phenolic OH excluding ortho intramolecular Hbond substituents is 5. The predicted molar refractivity (Wildman–Crippen MR) is 164 cm³/mol. The zero-order chi connectivity index (χ0) is 28.2. The lowest BCUT2D eigenvalue weighted by Gasteiger charge is -2.20. The highest BCUT2D eigenvalue weighted by molar-refractivity contribution is 6.22. The molecule has 5 heteroatoms. The number of benzene rings is 7. The Morgan fingerprint density at radius 3 is 1.27 bits per heavy atom. The molecule has 7 aromatic carbocycles. The van der Waals surface area contributed by atoms with Crippen LogP contribution in [0, 0.1) is 0 Å². The maximum Gasteiger partial charge on any atom is 0.208 e. The minimum absolute atomic E-state index is 0.164. The second-order valence-electron chi connectivity index (χ2n) is 10.1. The number of hydrogen-bond acceptors (Lipinski definition) is 5. The topological polar surface area (TPSA) is 101 Å². The van der Waals surface area contributed by atoms with E-state index in [1.54, 1.807) is 0 Å². The molecule has 7 aromatic rings. The van der Waals surface area contributed by atoms with Crippen molar-refractivity contribution in [1.29, 1.82) is 0 Å². The number of phenols is 5. The third-order valence-electron chi connectivity index (χ3n) is 7.83. The average molecular weight is 537 g/mol. The quantitative estimate of drug-likeness (QED) is 0.0884. The summed E-state index contributed by atoms with van der Waals surface area (Å²) in [7, 11) is 0. The molecule has 0 aliphatic carbocycles. The average Bonchev–Trinajstić information content (AvgIpc) is 3.02. The van der Waals surface area contributed by atoms with Crippen LogP contribution in [0.25, 0.3) is 65.7 Å². The molecule has 0 aliphatic heterocycles. The summed E-state index contributed by atoms with van der Waals surface area (Å²) >= 11 is 0. The summed E-state index contributed by atoms with van der Waals surface area (Å²) in [4.78, 5) is 0. The van der Waals surface area contributed by atoms with Gasteiger partial charge in [-0.2, -0.15) is 0 Å². The van der Waals surface area contributed by atoms with Crippen molar-refractivity contribution in [3.8, 4) is 62.1 Å². The summed E-state index contributed by atoms with van der Waals surface area (Å²) < 4.78 is 0. The Morgan fingerprint density at radius 2 is 0.707 bits per heavy atom. The van der Waals surface area contributed by atoms with Gasteiger partial charge in [0.2, 0.25) is 17.2 Å². The van der Waals surface area contributed by atoms with E-state index in [1.807, 2.05) is 60.7 Å². The van der Waals surface area contributed by atoms with Crippen LogP contribution >= 0.6 is 0 Å². The van der Waals surface area contributed by atoms with Crippen LogP contribution < -0.4 is 0 Å². The van der Waals surface area contributed by atoms with Gasteiger partial charge in [-0.15, -0.1) is 0 Å². The molecule has 0 aromatic heterocycles. The van der Waals surface area contributed by atoms with Gasteiger partial charge in [-0.3, -0.25) is 0 Å². The summed E-state index contributed by atoms with van der Waals surface area (Å²) in [5.41, 5.74) is 4.46. The molecule has 0 aliphatic rings. The van der Waals surface area contributed by atoms with Gasteiger partial charge in [0.15, 0.2) is 11.5 Å². The molecular weight excluding hydrogens is 512 g/mol. The van der Waals surface area contributed by atoms with Gasteiger partial charge in [-0.25, -0.2) is 0 Å². The van der Waals surface area contributed by atoms with Crippen molar-refractivity contribution in [2.45, 2.75) is 0 Å². The SMILES string of the molecule is Oc1c(O)c(O)c(-c2c3ccccc3c(-c3ccc(-c4cccc5ccccc45)cc3)c3ccccc23)c(O)c1O. The lowest BCUT2D eigenvalue weighted by atomic mass is 9.85. The molecule has 0 amide bonds. The first-order valence-corrected chi connectivity index (χ1v) is 13.2. The highest BCUT2D eigenvalue weighted by Gasteiger charge is 2.27. The number of rotatable bonds is 3. The third-order valence-corrected chi connectivity index (χ3v) is 7.83. The molecule has 41 heavy (non-hydrogen) atoms. The van der Waals surface area contributed by atoms with Crippen molar-refractivity contribution in [3.63, 3.8) is 0 Å². The standard InChI is InChI=1S/C36H24O5/c37-32-31(33(38)35(40)36(41)34(32)39)30-27-13-5-3-11-25(27)29(26-12-4-6-14-28(26)30)22-18-16-21(17-19-22)24-15-7-9-20-8-1-2-10-23(20)24/h1-19,37-41H. The summed E-state index contributed by atoms with van der Waals surface area (Å²) in [5, 5.41) is 57.9. The van der Waals surface area contributed by atoms with Crippen LogP contribution in [0.5, 0.6) is 28.7 Å². The Labute approximate surface area is 235 Å². The lowest BCUT2D eigenvalue weighted by Crippen LogP contribution is -1.92. The van der Waals surface area contributed by atoms with Gasteiger partial charge >= 0.3 is 0 Å².